The monoisotopic (exact) mass is 321 g/mol. The van der Waals surface area contributed by atoms with Crippen LogP contribution in [0.15, 0.2) is 59.4 Å². The van der Waals surface area contributed by atoms with E-state index < -0.39 is 5.54 Å². The minimum atomic E-state index is -0.395. The maximum absolute atomic E-state index is 12.8. The van der Waals surface area contributed by atoms with E-state index in [1.54, 1.807) is 36.4 Å². The molecule has 0 bridgehead atoms. The van der Waals surface area contributed by atoms with E-state index >= 15 is 0 Å². The average molecular weight is 321 g/mol. The van der Waals surface area contributed by atoms with E-state index in [0.717, 1.165) is 0 Å². The van der Waals surface area contributed by atoms with Crippen LogP contribution in [0, 0.1) is 0 Å². The molecule has 1 amide bonds. The van der Waals surface area contributed by atoms with Gasteiger partial charge in [0.05, 0.1) is 11.1 Å². The summed E-state index contributed by atoms with van der Waals surface area (Å²) in [6.45, 7) is 5.71. The molecule has 3 rings (SSSR count). The molecule has 0 aliphatic carbocycles. The Morgan fingerprint density at radius 3 is 2.17 bits per heavy atom. The van der Waals surface area contributed by atoms with Crippen LogP contribution in [0.4, 0.5) is 0 Å². The summed E-state index contributed by atoms with van der Waals surface area (Å²) in [5.41, 5.74) is 0.222. The average Bonchev–Trinajstić information content (AvgIpc) is 2.54. The van der Waals surface area contributed by atoms with E-state index in [4.69, 9.17) is 0 Å². The molecular weight excluding hydrogens is 302 g/mol. The molecule has 122 valence electrons. The third-order valence-corrected chi connectivity index (χ3v) is 3.51. The van der Waals surface area contributed by atoms with Crippen LogP contribution in [0.1, 0.15) is 31.3 Å². The van der Waals surface area contributed by atoms with E-state index in [9.17, 15) is 9.59 Å². The lowest BCUT2D eigenvalue weighted by molar-refractivity contribution is 0.0914. The Hall–Kier alpha value is -2.95. The molecule has 0 aliphatic rings. The number of rotatable bonds is 2. The van der Waals surface area contributed by atoms with Gasteiger partial charge in [0.15, 0.2) is 5.69 Å². The number of amides is 1. The van der Waals surface area contributed by atoms with E-state index in [2.05, 4.69) is 10.4 Å². The van der Waals surface area contributed by atoms with Crippen molar-refractivity contribution in [2.45, 2.75) is 26.3 Å². The highest BCUT2D eigenvalue weighted by Crippen LogP contribution is 2.16. The molecular formula is C19H19N3O2. The van der Waals surface area contributed by atoms with Gasteiger partial charge in [0.25, 0.3) is 11.5 Å². The van der Waals surface area contributed by atoms with Gasteiger partial charge in [-0.2, -0.15) is 9.78 Å². The van der Waals surface area contributed by atoms with Gasteiger partial charge in [-0.15, -0.1) is 0 Å². The molecule has 1 aromatic heterocycles. The zero-order valence-corrected chi connectivity index (χ0v) is 13.9. The number of nitrogens with zero attached hydrogens (tertiary/aromatic N) is 2. The normalized spacial score (nSPS) is 11.5. The summed E-state index contributed by atoms with van der Waals surface area (Å²) in [5, 5.41) is 8.28. The molecule has 24 heavy (non-hydrogen) atoms. The fraction of sp³-hybridized carbons (Fsp3) is 0.211. The summed E-state index contributed by atoms with van der Waals surface area (Å²) in [5.74, 6) is -0.302. The molecule has 0 unspecified atom stereocenters. The second-order valence-electron chi connectivity index (χ2n) is 6.65. The molecule has 5 heteroatoms. The van der Waals surface area contributed by atoms with Gasteiger partial charge in [-0.3, -0.25) is 9.59 Å². The van der Waals surface area contributed by atoms with Crippen LogP contribution >= 0.6 is 0 Å². The number of aromatic nitrogens is 2. The quantitative estimate of drug-likeness (QED) is 0.789. The van der Waals surface area contributed by atoms with Gasteiger partial charge in [0.1, 0.15) is 0 Å². The molecule has 3 aromatic rings. The van der Waals surface area contributed by atoms with Crippen molar-refractivity contribution in [2.24, 2.45) is 0 Å². The van der Waals surface area contributed by atoms with Crippen molar-refractivity contribution >= 4 is 16.7 Å². The Labute approximate surface area is 139 Å². The maximum Gasteiger partial charge on any atom is 0.279 e. The lowest BCUT2D eigenvalue weighted by Crippen LogP contribution is -2.41. The molecule has 0 radical (unpaired) electrons. The van der Waals surface area contributed by atoms with E-state index in [0.29, 0.717) is 16.5 Å². The fourth-order valence-corrected chi connectivity index (χ4v) is 2.50. The SMILES string of the molecule is CC(C)(C)NC(=O)c1nn(-c2ccccc2)c(=O)c2ccccc12. The molecule has 1 N–H and O–H groups in total. The van der Waals surface area contributed by atoms with E-state index in [1.807, 2.05) is 39.0 Å². The highest BCUT2D eigenvalue weighted by Gasteiger charge is 2.21. The maximum atomic E-state index is 12.8. The zero-order valence-electron chi connectivity index (χ0n) is 13.9. The molecule has 0 aliphatic heterocycles. The van der Waals surface area contributed by atoms with E-state index in [1.165, 1.54) is 4.68 Å². The lowest BCUT2D eigenvalue weighted by atomic mass is 10.1. The number of hydrogen-bond donors (Lipinski definition) is 1. The third kappa shape index (κ3) is 3.06. The summed E-state index contributed by atoms with van der Waals surface area (Å²) in [7, 11) is 0. The molecule has 5 nitrogen and oxygen atoms in total. The molecule has 1 heterocycles. The van der Waals surface area contributed by atoms with Crippen LogP contribution in [0.25, 0.3) is 16.5 Å². The molecule has 0 fully saturated rings. The van der Waals surface area contributed by atoms with Crippen LogP contribution in [0.3, 0.4) is 0 Å². The van der Waals surface area contributed by atoms with Gasteiger partial charge in [-0.25, -0.2) is 0 Å². The van der Waals surface area contributed by atoms with Gasteiger partial charge in [0.2, 0.25) is 0 Å². The largest absolute Gasteiger partial charge is 0.346 e. The second kappa shape index (κ2) is 5.92. The first-order valence-electron chi connectivity index (χ1n) is 7.77. The van der Waals surface area contributed by atoms with Crippen LogP contribution in [0.5, 0.6) is 0 Å². The molecule has 0 spiro atoms. The van der Waals surface area contributed by atoms with Gasteiger partial charge in [-0.1, -0.05) is 36.4 Å². The Balaban J connectivity index is 2.27. The Morgan fingerprint density at radius 1 is 0.958 bits per heavy atom. The van der Waals surface area contributed by atoms with Crippen molar-refractivity contribution in [1.82, 2.24) is 15.1 Å². The van der Waals surface area contributed by atoms with Crippen LogP contribution in [-0.4, -0.2) is 21.2 Å². The molecule has 0 saturated carbocycles. The number of benzene rings is 2. The number of hydrogen-bond acceptors (Lipinski definition) is 3. The predicted molar refractivity (Wildman–Crippen MR) is 94.6 cm³/mol. The molecule has 2 aromatic carbocycles. The van der Waals surface area contributed by atoms with Crippen LogP contribution < -0.4 is 10.9 Å². The van der Waals surface area contributed by atoms with Gasteiger partial charge in [-0.05, 0) is 39.0 Å². The van der Waals surface area contributed by atoms with Gasteiger partial charge >= 0.3 is 0 Å². The van der Waals surface area contributed by atoms with Crippen molar-refractivity contribution in [2.75, 3.05) is 0 Å². The van der Waals surface area contributed by atoms with Crippen LogP contribution in [0.2, 0.25) is 0 Å². The second-order valence-corrected chi connectivity index (χ2v) is 6.65. The Bertz CT molecular complexity index is 954. The number of nitrogens with one attached hydrogen (secondary N) is 1. The van der Waals surface area contributed by atoms with Crippen molar-refractivity contribution in [3.05, 3.63) is 70.6 Å². The number of fused-ring (bicyclic) bond motifs is 1. The minimum absolute atomic E-state index is 0.240. The summed E-state index contributed by atoms with van der Waals surface area (Å²) in [4.78, 5) is 25.4. The Kier molecular flexibility index (Phi) is 3.93. The predicted octanol–water partition coefficient (Wildman–Crippen LogP) is 2.91. The fourth-order valence-electron chi connectivity index (χ4n) is 2.50. The minimum Gasteiger partial charge on any atom is -0.346 e. The molecule has 0 saturated heterocycles. The number of para-hydroxylation sites is 1. The van der Waals surface area contributed by atoms with Crippen molar-refractivity contribution in [3.8, 4) is 5.69 Å². The Morgan fingerprint density at radius 2 is 1.54 bits per heavy atom. The van der Waals surface area contributed by atoms with E-state index in [-0.39, 0.29) is 17.2 Å². The highest BCUT2D eigenvalue weighted by atomic mass is 16.2. The summed E-state index contributed by atoms with van der Waals surface area (Å²) in [6, 6.07) is 16.1. The van der Waals surface area contributed by atoms with Crippen molar-refractivity contribution in [3.63, 3.8) is 0 Å². The zero-order chi connectivity index (χ0) is 17.3. The molecule has 0 atom stereocenters. The topological polar surface area (TPSA) is 64.0 Å². The van der Waals surface area contributed by atoms with Gasteiger partial charge < -0.3 is 5.32 Å². The number of carbonyl (C=O) groups excluding carboxylic acids is 1. The highest BCUT2D eigenvalue weighted by molar-refractivity contribution is 6.05. The first kappa shape index (κ1) is 15.9. The summed E-state index contributed by atoms with van der Waals surface area (Å²) >= 11 is 0. The van der Waals surface area contributed by atoms with Crippen LogP contribution in [-0.2, 0) is 0 Å². The number of carbonyl (C=O) groups is 1. The summed E-state index contributed by atoms with van der Waals surface area (Å²) in [6.07, 6.45) is 0. The van der Waals surface area contributed by atoms with Gasteiger partial charge in [0, 0.05) is 10.9 Å². The first-order chi connectivity index (χ1) is 11.4. The van der Waals surface area contributed by atoms with Crippen molar-refractivity contribution in [1.29, 1.82) is 0 Å². The first-order valence-corrected chi connectivity index (χ1v) is 7.77. The smallest absolute Gasteiger partial charge is 0.279 e. The lowest BCUT2D eigenvalue weighted by Gasteiger charge is -2.21. The third-order valence-electron chi connectivity index (χ3n) is 3.51. The van der Waals surface area contributed by atoms with Crippen molar-refractivity contribution < 1.29 is 4.79 Å². The summed E-state index contributed by atoms with van der Waals surface area (Å²) < 4.78 is 1.28. The standard InChI is InChI=1S/C19H19N3O2/c1-19(2,3)20-17(23)16-14-11-7-8-12-15(14)18(24)22(21-16)13-9-5-4-6-10-13/h4-12H,1-3H3,(H,20,23).